The number of allylic oxidation sites excluding steroid dienone is 1. The second kappa shape index (κ2) is 11.0. The number of alkyl halides is 3. The number of amidine groups is 1. The lowest BCUT2D eigenvalue weighted by atomic mass is 10.1. The molecule has 0 radical (unpaired) electrons. The Balaban J connectivity index is 2.02. The van der Waals surface area contributed by atoms with Crippen molar-refractivity contribution in [3.63, 3.8) is 0 Å². The van der Waals surface area contributed by atoms with Crippen LogP contribution in [0.25, 0.3) is 0 Å². The van der Waals surface area contributed by atoms with Crippen molar-refractivity contribution in [1.82, 2.24) is 10.2 Å². The van der Waals surface area contributed by atoms with Crippen molar-refractivity contribution in [1.29, 1.82) is 0 Å². The first kappa shape index (κ1) is 25.3. The Bertz CT molecular complexity index is 905. The van der Waals surface area contributed by atoms with Crippen LogP contribution in [-0.4, -0.2) is 68.4 Å². The van der Waals surface area contributed by atoms with Gasteiger partial charge < -0.3 is 21.5 Å². The van der Waals surface area contributed by atoms with Gasteiger partial charge in [-0.25, -0.2) is 9.18 Å². The molecule has 0 saturated carbocycles. The SMILES string of the molecule is CC(N)=C(C(=O)OCC(=O)c1cccc(C(F)(F)F)c1F)C(N)=NCCN1CCNCC1. The summed E-state index contributed by atoms with van der Waals surface area (Å²) in [5.74, 6) is -4.16. The Labute approximate surface area is 182 Å². The fourth-order valence-corrected chi connectivity index (χ4v) is 3.04. The van der Waals surface area contributed by atoms with Gasteiger partial charge in [0.05, 0.1) is 17.7 Å². The highest BCUT2D eigenvalue weighted by Crippen LogP contribution is 2.32. The van der Waals surface area contributed by atoms with E-state index in [1.54, 1.807) is 0 Å². The van der Waals surface area contributed by atoms with E-state index < -0.39 is 41.5 Å². The quantitative estimate of drug-likeness (QED) is 0.133. The average molecular weight is 459 g/mol. The molecule has 8 nitrogen and oxygen atoms in total. The molecule has 1 heterocycles. The maximum atomic E-state index is 14.1. The van der Waals surface area contributed by atoms with Crippen LogP contribution in [0.5, 0.6) is 0 Å². The highest BCUT2D eigenvalue weighted by molar-refractivity contribution is 6.19. The van der Waals surface area contributed by atoms with Gasteiger partial charge in [-0.1, -0.05) is 6.07 Å². The number of aliphatic imine (C=N–C) groups is 1. The smallest absolute Gasteiger partial charge is 0.419 e. The maximum absolute atomic E-state index is 14.1. The van der Waals surface area contributed by atoms with Gasteiger partial charge in [-0.05, 0) is 19.1 Å². The van der Waals surface area contributed by atoms with E-state index in [0.717, 1.165) is 38.3 Å². The standard InChI is InChI=1S/C20H25F4N5O3/c1-12(25)16(18(26)28-7-10-29-8-5-27-6-9-29)19(31)32-11-15(30)13-3-2-4-14(17(13)21)20(22,23)24/h2-4,27H,5-11,25H2,1H3,(H2,26,28). The zero-order valence-electron chi connectivity index (χ0n) is 17.5. The van der Waals surface area contributed by atoms with Gasteiger partial charge in [-0.15, -0.1) is 0 Å². The van der Waals surface area contributed by atoms with Crippen molar-refractivity contribution >= 4 is 17.6 Å². The van der Waals surface area contributed by atoms with Gasteiger partial charge >= 0.3 is 12.1 Å². The molecule has 0 aliphatic carbocycles. The molecule has 1 aromatic carbocycles. The van der Waals surface area contributed by atoms with Crippen molar-refractivity contribution in [3.8, 4) is 0 Å². The highest BCUT2D eigenvalue weighted by atomic mass is 19.4. The van der Waals surface area contributed by atoms with Crippen LogP contribution in [0, 0.1) is 5.82 Å². The summed E-state index contributed by atoms with van der Waals surface area (Å²) >= 11 is 0. The number of hydrogen-bond acceptors (Lipinski definition) is 7. The number of halogens is 4. The molecule has 12 heteroatoms. The van der Waals surface area contributed by atoms with Crippen LogP contribution in [0.4, 0.5) is 17.6 Å². The summed E-state index contributed by atoms with van der Waals surface area (Å²) in [6, 6.07) is 2.27. The third kappa shape index (κ3) is 6.76. The van der Waals surface area contributed by atoms with E-state index in [2.05, 4.69) is 15.2 Å². The van der Waals surface area contributed by atoms with Crippen molar-refractivity contribution in [3.05, 3.63) is 46.4 Å². The fourth-order valence-electron chi connectivity index (χ4n) is 3.04. The van der Waals surface area contributed by atoms with Crippen LogP contribution in [0.3, 0.4) is 0 Å². The van der Waals surface area contributed by atoms with Gasteiger partial charge in [0, 0.05) is 38.4 Å². The van der Waals surface area contributed by atoms with Gasteiger partial charge in [0.25, 0.3) is 0 Å². The van der Waals surface area contributed by atoms with Crippen LogP contribution in [-0.2, 0) is 15.7 Å². The minimum Gasteiger partial charge on any atom is -0.454 e. The van der Waals surface area contributed by atoms with Crippen LogP contribution in [0.2, 0.25) is 0 Å². The Hall–Kier alpha value is -2.99. The predicted octanol–water partition coefficient (Wildman–Crippen LogP) is 1.07. The molecule has 0 bridgehead atoms. The molecule has 5 N–H and O–H groups in total. The second-order valence-corrected chi connectivity index (χ2v) is 7.08. The van der Waals surface area contributed by atoms with Crippen LogP contribution < -0.4 is 16.8 Å². The molecule has 32 heavy (non-hydrogen) atoms. The van der Waals surface area contributed by atoms with Gasteiger partial charge in [-0.3, -0.25) is 14.7 Å². The number of Topliss-reactive ketones (excluding diaryl/α,β-unsaturated/α-hetero) is 1. The number of nitrogens with two attached hydrogens (primary N) is 2. The minimum absolute atomic E-state index is 0.0175. The van der Waals surface area contributed by atoms with E-state index >= 15 is 0 Å². The molecule has 1 aromatic rings. The summed E-state index contributed by atoms with van der Waals surface area (Å²) in [5, 5.41) is 3.22. The first-order chi connectivity index (χ1) is 15.0. The van der Waals surface area contributed by atoms with Gasteiger partial charge in [-0.2, -0.15) is 13.2 Å². The molecule has 1 saturated heterocycles. The zero-order chi connectivity index (χ0) is 23.9. The number of ketones is 1. The maximum Gasteiger partial charge on any atom is 0.419 e. The van der Waals surface area contributed by atoms with Crippen LogP contribution >= 0.6 is 0 Å². The number of ether oxygens (including phenoxy) is 1. The summed E-state index contributed by atoms with van der Waals surface area (Å²) < 4.78 is 57.4. The number of nitrogens with zero attached hydrogens (tertiary/aromatic N) is 2. The lowest BCUT2D eigenvalue weighted by Gasteiger charge is -2.26. The van der Waals surface area contributed by atoms with Gasteiger partial charge in [0.2, 0.25) is 5.78 Å². The lowest BCUT2D eigenvalue weighted by Crippen LogP contribution is -2.44. The Morgan fingerprint density at radius 3 is 2.47 bits per heavy atom. The van der Waals surface area contributed by atoms with Gasteiger partial charge in [0.15, 0.2) is 6.61 Å². The third-order valence-electron chi connectivity index (χ3n) is 4.70. The van der Waals surface area contributed by atoms with Crippen molar-refractivity contribution in [2.45, 2.75) is 13.1 Å². The third-order valence-corrected chi connectivity index (χ3v) is 4.70. The van der Waals surface area contributed by atoms with Gasteiger partial charge in [0.1, 0.15) is 17.2 Å². The van der Waals surface area contributed by atoms with Crippen molar-refractivity contribution < 1.29 is 31.9 Å². The topological polar surface area (TPSA) is 123 Å². The summed E-state index contributed by atoms with van der Waals surface area (Å²) in [7, 11) is 0. The molecule has 1 fully saturated rings. The zero-order valence-corrected chi connectivity index (χ0v) is 17.5. The van der Waals surface area contributed by atoms with Crippen molar-refractivity contribution in [2.75, 3.05) is 45.9 Å². The van der Waals surface area contributed by atoms with E-state index in [1.165, 1.54) is 6.92 Å². The van der Waals surface area contributed by atoms with E-state index in [1.807, 2.05) is 0 Å². The Morgan fingerprint density at radius 2 is 1.88 bits per heavy atom. The Morgan fingerprint density at radius 1 is 1.22 bits per heavy atom. The fraction of sp³-hybridized carbons (Fsp3) is 0.450. The number of hydrogen-bond donors (Lipinski definition) is 3. The number of benzene rings is 1. The molecule has 0 aromatic heterocycles. The lowest BCUT2D eigenvalue weighted by molar-refractivity contribution is -0.140. The number of esters is 1. The number of rotatable bonds is 8. The number of nitrogens with one attached hydrogen (secondary N) is 1. The molecule has 0 amide bonds. The van der Waals surface area contributed by atoms with Crippen LogP contribution in [0.15, 0.2) is 34.5 Å². The molecule has 0 atom stereocenters. The number of carbonyl (C=O) groups is 2. The average Bonchev–Trinajstić information content (AvgIpc) is 2.72. The second-order valence-electron chi connectivity index (χ2n) is 7.08. The summed E-state index contributed by atoms with van der Waals surface area (Å²) in [6.07, 6.45) is -4.97. The van der Waals surface area contributed by atoms with E-state index in [-0.39, 0.29) is 17.1 Å². The normalized spacial score (nSPS) is 16.5. The highest BCUT2D eigenvalue weighted by Gasteiger charge is 2.35. The Kier molecular flexibility index (Phi) is 8.72. The molecule has 0 unspecified atom stereocenters. The minimum atomic E-state index is -4.97. The first-order valence-corrected chi connectivity index (χ1v) is 9.78. The first-order valence-electron chi connectivity index (χ1n) is 9.78. The molecule has 2 rings (SSSR count). The van der Waals surface area contributed by atoms with E-state index in [4.69, 9.17) is 16.2 Å². The molecule has 1 aliphatic rings. The molecule has 0 spiro atoms. The molecular weight excluding hydrogens is 434 g/mol. The number of piperazine rings is 1. The molecule has 1 aliphatic heterocycles. The predicted molar refractivity (Wildman–Crippen MR) is 109 cm³/mol. The number of carbonyl (C=O) groups excluding carboxylic acids is 2. The molecular formula is C20H25F4N5O3. The summed E-state index contributed by atoms with van der Waals surface area (Å²) in [4.78, 5) is 30.8. The summed E-state index contributed by atoms with van der Waals surface area (Å²) in [5.41, 5.74) is 8.83. The summed E-state index contributed by atoms with van der Waals surface area (Å²) in [6.45, 7) is 4.71. The monoisotopic (exact) mass is 459 g/mol. The van der Waals surface area contributed by atoms with E-state index in [0.29, 0.717) is 19.2 Å². The molecule has 176 valence electrons. The van der Waals surface area contributed by atoms with E-state index in [9.17, 15) is 27.2 Å². The van der Waals surface area contributed by atoms with Crippen LogP contribution in [0.1, 0.15) is 22.8 Å². The largest absolute Gasteiger partial charge is 0.454 e. The van der Waals surface area contributed by atoms with Crippen molar-refractivity contribution in [2.24, 2.45) is 16.5 Å².